The van der Waals surface area contributed by atoms with Gasteiger partial charge in [-0.25, -0.2) is 9.78 Å². The third-order valence-electron chi connectivity index (χ3n) is 2.50. The van der Waals surface area contributed by atoms with Gasteiger partial charge in [0.1, 0.15) is 5.82 Å². The molecule has 1 aromatic rings. The summed E-state index contributed by atoms with van der Waals surface area (Å²) in [7, 11) is 0. The minimum Gasteiger partial charge on any atom is -0.394 e. The maximum absolute atomic E-state index is 11.7. The SMILES string of the molecule is CC(C)(C)[C@@H](CO)NC(=O)Nc1ccc(Cl)cn1. The number of rotatable bonds is 3. The lowest BCUT2D eigenvalue weighted by Gasteiger charge is -2.29. The van der Waals surface area contributed by atoms with Gasteiger partial charge >= 0.3 is 6.03 Å². The van der Waals surface area contributed by atoms with Crippen molar-refractivity contribution < 1.29 is 9.90 Å². The minimum atomic E-state index is -0.404. The first-order valence-corrected chi connectivity index (χ1v) is 6.00. The normalized spacial score (nSPS) is 12.9. The summed E-state index contributed by atoms with van der Waals surface area (Å²) in [6, 6.07) is 2.51. The Kier molecular flexibility index (Phi) is 4.93. The monoisotopic (exact) mass is 271 g/mol. The van der Waals surface area contributed by atoms with Crippen LogP contribution in [0.2, 0.25) is 5.02 Å². The van der Waals surface area contributed by atoms with Crippen LogP contribution in [0, 0.1) is 5.41 Å². The number of halogens is 1. The van der Waals surface area contributed by atoms with Crippen molar-refractivity contribution in [3.63, 3.8) is 0 Å². The van der Waals surface area contributed by atoms with Crippen LogP contribution in [0.3, 0.4) is 0 Å². The van der Waals surface area contributed by atoms with Crippen molar-refractivity contribution in [2.24, 2.45) is 5.41 Å². The molecule has 2 amide bonds. The molecule has 0 fully saturated rings. The van der Waals surface area contributed by atoms with Crippen LogP contribution in [0.5, 0.6) is 0 Å². The lowest BCUT2D eigenvalue weighted by atomic mass is 9.87. The molecule has 0 unspecified atom stereocenters. The van der Waals surface area contributed by atoms with E-state index in [0.29, 0.717) is 10.8 Å². The molecule has 100 valence electrons. The van der Waals surface area contributed by atoms with Crippen molar-refractivity contribution in [1.29, 1.82) is 0 Å². The first kappa shape index (κ1) is 14.7. The first-order valence-electron chi connectivity index (χ1n) is 5.63. The van der Waals surface area contributed by atoms with Crippen molar-refractivity contribution in [2.45, 2.75) is 26.8 Å². The lowest BCUT2D eigenvalue weighted by molar-refractivity contribution is 0.162. The summed E-state index contributed by atoms with van der Waals surface area (Å²) in [5.74, 6) is 0.405. The van der Waals surface area contributed by atoms with E-state index in [9.17, 15) is 9.90 Å². The van der Waals surface area contributed by atoms with Crippen molar-refractivity contribution in [2.75, 3.05) is 11.9 Å². The number of carbonyl (C=O) groups excluding carboxylic acids is 1. The molecule has 6 heteroatoms. The van der Waals surface area contributed by atoms with Crippen LogP contribution in [0.25, 0.3) is 0 Å². The second-order valence-corrected chi connectivity index (χ2v) is 5.50. The molecule has 0 aliphatic rings. The molecule has 3 N–H and O–H groups in total. The first-order chi connectivity index (χ1) is 8.32. The Labute approximate surface area is 112 Å². The molecular formula is C12H18ClN3O2. The zero-order valence-electron chi connectivity index (χ0n) is 10.7. The van der Waals surface area contributed by atoms with Crippen LogP contribution >= 0.6 is 11.6 Å². The average Bonchev–Trinajstić information content (AvgIpc) is 2.27. The Morgan fingerprint density at radius 3 is 2.61 bits per heavy atom. The van der Waals surface area contributed by atoms with Gasteiger partial charge in [0.2, 0.25) is 0 Å². The Hall–Kier alpha value is -1.33. The van der Waals surface area contributed by atoms with E-state index in [2.05, 4.69) is 15.6 Å². The molecule has 0 saturated carbocycles. The number of carbonyl (C=O) groups is 1. The van der Waals surface area contributed by atoms with Gasteiger partial charge in [0.05, 0.1) is 17.7 Å². The molecule has 0 spiro atoms. The lowest BCUT2D eigenvalue weighted by Crippen LogP contribution is -2.47. The van der Waals surface area contributed by atoms with E-state index >= 15 is 0 Å². The van der Waals surface area contributed by atoms with Crippen LogP contribution in [-0.2, 0) is 0 Å². The number of hydrogen-bond acceptors (Lipinski definition) is 3. The number of pyridine rings is 1. The van der Waals surface area contributed by atoms with Gasteiger partial charge in [-0.1, -0.05) is 32.4 Å². The van der Waals surface area contributed by atoms with Crippen molar-refractivity contribution in [3.8, 4) is 0 Å². The highest BCUT2D eigenvalue weighted by atomic mass is 35.5. The number of anilines is 1. The van der Waals surface area contributed by atoms with Gasteiger partial charge in [-0.2, -0.15) is 0 Å². The molecule has 1 heterocycles. The van der Waals surface area contributed by atoms with Crippen LogP contribution in [0.1, 0.15) is 20.8 Å². The van der Waals surface area contributed by atoms with E-state index < -0.39 is 6.03 Å². The predicted molar refractivity (Wildman–Crippen MR) is 71.7 cm³/mol. The van der Waals surface area contributed by atoms with Crippen LogP contribution in [0.4, 0.5) is 10.6 Å². The smallest absolute Gasteiger partial charge is 0.320 e. The van der Waals surface area contributed by atoms with E-state index in [1.54, 1.807) is 12.1 Å². The summed E-state index contributed by atoms with van der Waals surface area (Å²) in [6.07, 6.45) is 1.45. The molecule has 0 aliphatic carbocycles. The largest absolute Gasteiger partial charge is 0.394 e. The zero-order chi connectivity index (χ0) is 13.8. The molecule has 1 aromatic heterocycles. The maximum atomic E-state index is 11.7. The van der Waals surface area contributed by atoms with Crippen molar-refractivity contribution in [1.82, 2.24) is 10.3 Å². The number of aliphatic hydroxyl groups excluding tert-OH is 1. The summed E-state index contributed by atoms with van der Waals surface area (Å²) < 4.78 is 0. The topological polar surface area (TPSA) is 74.2 Å². The predicted octanol–water partition coefficient (Wildman–Crippen LogP) is 2.26. The van der Waals surface area contributed by atoms with Gasteiger partial charge in [0.25, 0.3) is 0 Å². The van der Waals surface area contributed by atoms with Crippen molar-refractivity contribution in [3.05, 3.63) is 23.4 Å². The number of aliphatic hydroxyl groups is 1. The van der Waals surface area contributed by atoms with E-state index in [4.69, 9.17) is 11.6 Å². The van der Waals surface area contributed by atoms with Gasteiger partial charge in [-0.3, -0.25) is 5.32 Å². The Bertz CT molecular complexity index is 401. The number of hydrogen-bond donors (Lipinski definition) is 3. The van der Waals surface area contributed by atoms with Gasteiger partial charge < -0.3 is 10.4 Å². The molecule has 5 nitrogen and oxygen atoms in total. The number of nitrogens with one attached hydrogen (secondary N) is 2. The van der Waals surface area contributed by atoms with Gasteiger partial charge in [0, 0.05) is 6.20 Å². The molecule has 0 radical (unpaired) electrons. The molecule has 0 bridgehead atoms. The third-order valence-corrected chi connectivity index (χ3v) is 2.73. The minimum absolute atomic E-state index is 0.120. The number of urea groups is 1. The fourth-order valence-electron chi connectivity index (χ4n) is 1.30. The highest BCUT2D eigenvalue weighted by Gasteiger charge is 2.25. The molecule has 18 heavy (non-hydrogen) atoms. The van der Waals surface area contributed by atoms with Gasteiger partial charge in [-0.15, -0.1) is 0 Å². The number of aromatic nitrogens is 1. The molecular weight excluding hydrogens is 254 g/mol. The summed E-state index contributed by atoms with van der Waals surface area (Å²) in [5.41, 5.74) is -0.223. The second-order valence-electron chi connectivity index (χ2n) is 5.06. The molecule has 0 aromatic carbocycles. The van der Waals surface area contributed by atoms with Crippen molar-refractivity contribution >= 4 is 23.4 Å². The molecule has 1 atom stereocenters. The Morgan fingerprint density at radius 2 is 2.17 bits per heavy atom. The summed E-state index contributed by atoms with van der Waals surface area (Å²) in [6.45, 7) is 5.70. The third kappa shape index (κ3) is 4.50. The van der Waals surface area contributed by atoms with Crippen LogP contribution < -0.4 is 10.6 Å². The Morgan fingerprint density at radius 1 is 1.50 bits per heavy atom. The molecule has 0 saturated heterocycles. The van der Waals surface area contributed by atoms with Gasteiger partial charge in [-0.05, 0) is 17.5 Å². The fraction of sp³-hybridized carbons (Fsp3) is 0.500. The highest BCUT2D eigenvalue weighted by molar-refractivity contribution is 6.30. The van der Waals surface area contributed by atoms with E-state index in [1.807, 2.05) is 20.8 Å². The summed E-state index contributed by atoms with van der Waals surface area (Å²) in [4.78, 5) is 15.7. The van der Waals surface area contributed by atoms with E-state index in [1.165, 1.54) is 6.20 Å². The van der Waals surface area contributed by atoms with Gasteiger partial charge in [0.15, 0.2) is 0 Å². The Balaban J connectivity index is 2.58. The van der Waals surface area contributed by atoms with E-state index in [0.717, 1.165) is 0 Å². The summed E-state index contributed by atoms with van der Waals surface area (Å²) in [5, 5.41) is 15.0. The summed E-state index contributed by atoms with van der Waals surface area (Å²) >= 11 is 5.69. The number of amides is 2. The maximum Gasteiger partial charge on any atom is 0.320 e. The van der Waals surface area contributed by atoms with Crippen LogP contribution in [-0.4, -0.2) is 28.8 Å². The fourth-order valence-corrected chi connectivity index (χ4v) is 1.41. The molecule has 0 aliphatic heterocycles. The quantitative estimate of drug-likeness (QED) is 0.789. The standard InChI is InChI=1S/C12H18ClN3O2/c1-12(2,3)9(7-17)15-11(18)16-10-5-4-8(13)6-14-10/h4-6,9,17H,7H2,1-3H3,(H2,14,15,16,18)/t9-/m1/s1. The highest BCUT2D eigenvalue weighted by Crippen LogP contribution is 2.18. The average molecular weight is 272 g/mol. The van der Waals surface area contributed by atoms with Crippen LogP contribution in [0.15, 0.2) is 18.3 Å². The number of nitrogens with zero attached hydrogens (tertiary/aromatic N) is 1. The zero-order valence-corrected chi connectivity index (χ0v) is 11.5. The molecule has 1 rings (SSSR count). The van der Waals surface area contributed by atoms with E-state index in [-0.39, 0.29) is 18.1 Å². The second kappa shape index (κ2) is 6.02.